The van der Waals surface area contributed by atoms with Crippen LogP contribution in [0.2, 0.25) is 0 Å². The van der Waals surface area contributed by atoms with Crippen LogP contribution in [0.4, 0.5) is 0 Å². The highest BCUT2D eigenvalue weighted by Gasteiger charge is 2.29. The topological polar surface area (TPSA) is 91.6 Å². The predicted octanol–water partition coefficient (Wildman–Crippen LogP) is 2.02. The zero-order valence-electron chi connectivity index (χ0n) is 14.2. The molecule has 134 valence electrons. The molecule has 0 radical (unpaired) electrons. The predicted molar refractivity (Wildman–Crippen MR) is 94.6 cm³/mol. The first kappa shape index (κ1) is 17.9. The number of carbonyl (C=O) groups is 1. The highest BCUT2D eigenvalue weighted by molar-refractivity contribution is 5.94. The third-order valence-electron chi connectivity index (χ3n) is 4.29. The van der Waals surface area contributed by atoms with Crippen molar-refractivity contribution in [2.75, 3.05) is 13.2 Å². The summed E-state index contributed by atoms with van der Waals surface area (Å²) >= 11 is 0. The Morgan fingerprint density at radius 2 is 1.96 bits per heavy atom. The fourth-order valence-corrected chi connectivity index (χ4v) is 2.79. The molecule has 0 aliphatic carbocycles. The van der Waals surface area contributed by atoms with Gasteiger partial charge in [-0.25, -0.2) is 0 Å². The standard InChI is InChI=1S/C20H20N2O4/c21-11-14-1-5-16(6-2-14)20(24)22-18-9-10-25-13-19(18)26-17-7-3-15(12-23)4-8-17/h1-8,18-19,23H,9-10,12-13H2,(H,22,24)/t18-,19-/m1/s1. The summed E-state index contributed by atoms with van der Waals surface area (Å²) in [7, 11) is 0. The molecule has 26 heavy (non-hydrogen) atoms. The van der Waals surface area contributed by atoms with Crippen molar-refractivity contribution in [3.63, 3.8) is 0 Å². The molecular weight excluding hydrogens is 332 g/mol. The Labute approximate surface area is 152 Å². The van der Waals surface area contributed by atoms with Crippen LogP contribution in [0.25, 0.3) is 0 Å². The highest BCUT2D eigenvalue weighted by atomic mass is 16.5. The fourth-order valence-electron chi connectivity index (χ4n) is 2.79. The number of nitrogens with one attached hydrogen (secondary N) is 1. The molecule has 1 aliphatic rings. The Morgan fingerprint density at radius 3 is 2.62 bits per heavy atom. The maximum atomic E-state index is 12.5. The van der Waals surface area contributed by atoms with Gasteiger partial charge in [0.05, 0.1) is 30.9 Å². The molecule has 1 fully saturated rings. The van der Waals surface area contributed by atoms with Gasteiger partial charge in [0, 0.05) is 12.2 Å². The molecule has 3 rings (SSSR count). The van der Waals surface area contributed by atoms with Gasteiger partial charge in [0.15, 0.2) is 0 Å². The van der Waals surface area contributed by atoms with Crippen molar-refractivity contribution in [2.24, 2.45) is 0 Å². The average Bonchev–Trinajstić information content (AvgIpc) is 2.70. The van der Waals surface area contributed by atoms with Gasteiger partial charge in [-0.1, -0.05) is 12.1 Å². The van der Waals surface area contributed by atoms with Crippen LogP contribution in [0.15, 0.2) is 48.5 Å². The van der Waals surface area contributed by atoms with E-state index in [0.29, 0.717) is 36.5 Å². The van der Waals surface area contributed by atoms with Gasteiger partial charge >= 0.3 is 0 Å². The molecule has 1 saturated heterocycles. The van der Waals surface area contributed by atoms with E-state index in [0.717, 1.165) is 5.56 Å². The molecule has 1 heterocycles. The number of aliphatic hydroxyl groups excluding tert-OH is 1. The van der Waals surface area contributed by atoms with Crippen molar-refractivity contribution in [1.29, 1.82) is 5.26 Å². The summed E-state index contributed by atoms with van der Waals surface area (Å²) in [5, 5.41) is 20.9. The average molecular weight is 352 g/mol. The highest BCUT2D eigenvalue weighted by Crippen LogP contribution is 2.19. The lowest BCUT2D eigenvalue weighted by molar-refractivity contribution is -0.0135. The largest absolute Gasteiger partial charge is 0.486 e. The number of nitrogens with zero attached hydrogens (tertiary/aromatic N) is 1. The van der Waals surface area contributed by atoms with E-state index in [1.54, 1.807) is 48.5 Å². The van der Waals surface area contributed by atoms with E-state index in [1.165, 1.54) is 0 Å². The van der Waals surface area contributed by atoms with Gasteiger partial charge in [-0.05, 0) is 48.4 Å². The monoisotopic (exact) mass is 352 g/mol. The summed E-state index contributed by atoms with van der Waals surface area (Å²) in [6, 6.07) is 15.5. The van der Waals surface area contributed by atoms with Crippen molar-refractivity contribution < 1.29 is 19.4 Å². The minimum atomic E-state index is -0.300. The molecule has 2 N–H and O–H groups in total. The van der Waals surface area contributed by atoms with Crippen molar-refractivity contribution in [3.8, 4) is 11.8 Å². The fraction of sp³-hybridized carbons (Fsp3) is 0.300. The van der Waals surface area contributed by atoms with Gasteiger partial charge in [0.1, 0.15) is 11.9 Å². The molecular formula is C20H20N2O4. The molecule has 0 unspecified atom stereocenters. The van der Waals surface area contributed by atoms with Crippen molar-refractivity contribution >= 4 is 5.91 Å². The number of ether oxygens (including phenoxy) is 2. The summed E-state index contributed by atoms with van der Waals surface area (Å²) in [5.41, 5.74) is 1.82. The molecule has 2 aromatic rings. The number of benzene rings is 2. The second-order valence-corrected chi connectivity index (χ2v) is 6.09. The van der Waals surface area contributed by atoms with E-state index in [-0.39, 0.29) is 24.7 Å². The number of carbonyl (C=O) groups excluding carboxylic acids is 1. The van der Waals surface area contributed by atoms with Crippen LogP contribution in [0.5, 0.6) is 5.75 Å². The van der Waals surface area contributed by atoms with Gasteiger partial charge in [-0.15, -0.1) is 0 Å². The minimum absolute atomic E-state index is 0.0178. The summed E-state index contributed by atoms with van der Waals surface area (Å²) in [6.07, 6.45) is 0.354. The molecule has 6 nitrogen and oxygen atoms in total. The number of hydrogen-bond donors (Lipinski definition) is 2. The van der Waals surface area contributed by atoms with Crippen LogP contribution < -0.4 is 10.1 Å². The molecule has 0 bridgehead atoms. The van der Waals surface area contributed by atoms with Crippen molar-refractivity contribution in [1.82, 2.24) is 5.32 Å². The van der Waals surface area contributed by atoms with Gasteiger partial charge in [-0.3, -0.25) is 4.79 Å². The maximum Gasteiger partial charge on any atom is 0.251 e. The van der Waals surface area contributed by atoms with E-state index >= 15 is 0 Å². The molecule has 2 atom stereocenters. The SMILES string of the molecule is N#Cc1ccc(C(=O)N[C@@H]2CCOC[C@H]2Oc2ccc(CO)cc2)cc1. The smallest absolute Gasteiger partial charge is 0.251 e. The zero-order chi connectivity index (χ0) is 18.4. The van der Waals surface area contributed by atoms with Gasteiger partial charge in [0.25, 0.3) is 5.91 Å². The molecule has 0 spiro atoms. The summed E-state index contributed by atoms with van der Waals surface area (Å²) in [5.74, 6) is 0.459. The van der Waals surface area contributed by atoms with E-state index < -0.39 is 0 Å². The van der Waals surface area contributed by atoms with Crippen molar-refractivity contribution in [2.45, 2.75) is 25.2 Å². The maximum absolute atomic E-state index is 12.5. The zero-order valence-corrected chi connectivity index (χ0v) is 14.2. The molecule has 0 aromatic heterocycles. The van der Waals surface area contributed by atoms with Gasteiger partial charge in [-0.2, -0.15) is 5.26 Å². The van der Waals surface area contributed by atoms with E-state index in [9.17, 15) is 4.79 Å². The van der Waals surface area contributed by atoms with E-state index in [2.05, 4.69) is 5.32 Å². The number of aliphatic hydroxyl groups is 1. The lowest BCUT2D eigenvalue weighted by Crippen LogP contribution is -2.51. The van der Waals surface area contributed by atoms with Gasteiger partial charge in [0.2, 0.25) is 0 Å². The molecule has 1 aliphatic heterocycles. The quantitative estimate of drug-likeness (QED) is 0.859. The van der Waals surface area contributed by atoms with Crippen molar-refractivity contribution in [3.05, 3.63) is 65.2 Å². The van der Waals surface area contributed by atoms with E-state index in [4.69, 9.17) is 19.8 Å². The third-order valence-corrected chi connectivity index (χ3v) is 4.29. The first-order valence-corrected chi connectivity index (χ1v) is 8.45. The third kappa shape index (κ3) is 4.39. The Balaban J connectivity index is 1.65. The Morgan fingerprint density at radius 1 is 1.23 bits per heavy atom. The van der Waals surface area contributed by atoms with Gasteiger partial charge < -0.3 is 19.9 Å². The first-order chi connectivity index (χ1) is 12.7. The second kappa shape index (κ2) is 8.48. The Hall–Kier alpha value is -2.88. The van der Waals surface area contributed by atoms with Crippen LogP contribution in [0, 0.1) is 11.3 Å². The lowest BCUT2D eigenvalue weighted by atomic mass is 10.0. The van der Waals surface area contributed by atoms with Crippen LogP contribution in [-0.4, -0.2) is 36.4 Å². The number of hydrogen-bond acceptors (Lipinski definition) is 5. The molecule has 1 amide bonds. The van der Waals surface area contributed by atoms with E-state index in [1.807, 2.05) is 6.07 Å². The summed E-state index contributed by atoms with van der Waals surface area (Å²) in [6.45, 7) is 0.928. The normalized spacial score (nSPS) is 19.4. The minimum Gasteiger partial charge on any atom is -0.486 e. The number of rotatable bonds is 5. The second-order valence-electron chi connectivity index (χ2n) is 6.09. The summed E-state index contributed by atoms with van der Waals surface area (Å²) < 4.78 is 11.5. The van der Waals surface area contributed by atoms with Crippen LogP contribution >= 0.6 is 0 Å². The molecule has 6 heteroatoms. The molecule has 2 aromatic carbocycles. The first-order valence-electron chi connectivity index (χ1n) is 8.45. The Bertz CT molecular complexity index is 781. The van der Waals surface area contributed by atoms with Crippen LogP contribution in [0.3, 0.4) is 0 Å². The summed E-state index contributed by atoms with van der Waals surface area (Å²) in [4.78, 5) is 12.5. The lowest BCUT2D eigenvalue weighted by Gasteiger charge is -2.32. The Kier molecular flexibility index (Phi) is 5.84. The molecule has 0 saturated carbocycles. The van der Waals surface area contributed by atoms with Crippen LogP contribution in [-0.2, 0) is 11.3 Å². The number of nitriles is 1. The van der Waals surface area contributed by atoms with Crippen LogP contribution in [0.1, 0.15) is 27.9 Å². The number of amides is 1.